The first-order chi connectivity index (χ1) is 10.1. The van der Waals surface area contributed by atoms with Crippen LogP contribution in [0.5, 0.6) is 0 Å². The van der Waals surface area contributed by atoms with Crippen LogP contribution in [0.2, 0.25) is 0 Å². The maximum Gasteiger partial charge on any atom is 0.103 e. The molecule has 0 spiro atoms. The largest absolute Gasteiger partial charge is 0.389 e. The molecule has 0 aliphatic carbocycles. The number of aliphatic hydroxyl groups excluding tert-OH is 1. The zero-order chi connectivity index (χ0) is 14.8. The van der Waals surface area contributed by atoms with E-state index in [9.17, 15) is 5.11 Å². The number of aliphatic hydroxyl groups is 1. The lowest BCUT2D eigenvalue weighted by molar-refractivity contribution is 0.106. The lowest BCUT2D eigenvalue weighted by Gasteiger charge is -2.28. The molecule has 0 saturated carbocycles. The van der Waals surface area contributed by atoms with Gasteiger partial charge in [-0.1, -0.05) is 36.5 Å². The van der Waals surface area contributed by atoms with Crippen LogP contribution >= 0.6 is 23.6 Å². The molecule has 21 heavy (non-hydrogen) atoms. The van der Waals surface area contributed by atoms with Crippen molar-refractivity contribution in [1.82, 2.24) is 4.90 Å². The number of β-amino-alcohol motifs (C(OH)–C–C–N with tert-alkyl or cyclic N) is 1. The van der Waals surface area contributed by atoms with Gasteiger partial charge in [0.05, 0.1) is 6.10 Å². The third kappa shape index (κ3) is 3.32. The molecule has 3 rings (SSSR count). The van der Waals surface area contributed by atoms with E-state index in [1.807, 2.05) is 35.6 Å². The maximum absolute atomic E-state index is 10.4. The average Bonchev–Trinajstić information content (AvgIpc) is 2.95. The van der Waals surface area contributed by atoms with Crippen LogP contribution in [0.15, 0.2) is 35.7 Å². The number of hydrogen-bond donors (Lipinski definition) is 2. The van der Waals surface area contributed by atoms with Crippen LogP contribution < -0.4 is 5.73 Å². The zero-order valence-corrected chi connectivity index (χ0v) is 13.3. The third-order valence-corrected chi connectivity index (χ3v) is 5.16. The predicted octanol–water partition coefficient (Wildman–Crippen LogP) is 2.47. The van der Waals surface area contributed by atoms with Gasteiger partial charge >= 0.3 is 0 Å². The molecule has 1 aliphatic rings. The van der Waals surface area contributed by atoms with Crippen molar-refractivity contribution in [2.45, 2.75) is 19.1 Å². The summed E-state index contributed by atoms with van der Waals surface area (Å²) in [6.45, 7) is 2.60. The highest BCUT2D eigenvalue weighted by molar-refractivity contribution is 7.80. The van der Waals surface area contributed by atoms with E-state index in [1.54, 1.807) is 0 Å². The number of fused-ring (bicyclic) bond motifs is 1. The maximum atomic E-state index is 10.4. The SMILES string of the molecule is NC(=S)c1ccc(C(O)CN2CCc3sccc3C2)cc1. The minimum Gasteiger partial charge on any atom is -0.389 e. The van der Waals surface area contributed by atoms with E-state index in [1.165, 1.54) is 10.4 Å². The molecule has 0 radical (unpaired) electrons. The van der Waals surface area contributed by atoms with Gasteiger partial charge in [-0.15, -0.1) is 11.3 Å². The molecule has 1 aliphatic heterocycles. The number of thiophene rings is 1. The summed E-state index contributed by atoms with van der Waals surface area (Å²) in [4.78, 5) is 4.18. The van der Waals surface area contributed by atoms with Gasteiger partial charge in [0.25, 0.3) is 0 Å². The minimum absolute atomic E-state index is 0.386. The molecule has 1 aromatic heterocycles. The third-order valence-electron chi connectivity index (χ3n) is 3.90. The van der Waals surface area contributed by atoms with Crippen LogP contribution in [0.1, 0.15) is 27.7 Å². The first-order valence-corrected chi connectivity index (χ1v) is 8.27. The highest BCUT2D eigenvalue weighted by Gasteiger charge is 2.20. The normalized spacial score (nSPS) is 16.4. The van der Waals surface area contributed by atoms with Crippen molar-refractivity contribution in [3.05, 3.63) is 57.3 Å². The Hall–Kier alpha value is -1.27. The van der Waals surface area contributed by atoms with Gasteiger partial charge < -0.3 is 10.8 Å². The van der Waals surface area contributed by atoms with Crippen molar-refractivity contribution in [3.63, 3.8) is 0 Å². The first-order valence-electron chi connectivity index (χ1n) is 6.99. The van der Waals surface area contributed by atoms with Crippen LogP contribution in [0, 0.1) is 0 Å². The van der Waals surface area contributed by atoms with E-state index in [0.29, 0.717) is 11.5 Å². The topological polar surface area (TPSA) is 49.5 Å². The van der Waals surface area contributed by atoms with Crippen molar-refractivity contribution < 1.29 is 5.11 Å². The average molecular weight is 318 g/mol. The number of rotatable bonds is 4. The van der Waals surface area contributed by atoms with Crippen LogP contribution in [-0.4, -0.2) is 28.1 Å². The lowest BCUT2D eigenvalue weighted by Crippen LogP contribution is -2.33. The monoisotopic (exact) mass is 318 g/mol. The van der Waals surface area contributed by atoms with Gasteiger partial charge in [0.1, 0.15) is 4.99 Å². The molecule has 0 saturated heterocycles. The Kier molecular flexibility index (Phi) is 4.35. The molecule has 3 nitrogen and oxygen atoms in total. The van der Waals surface area contributed by atoms with Crippen molar-refractivity contribution in [3.8, 4) is 0 Å². The summed E-state index contributed by atoms with van der Waals surface area (Å²) in [6, 6.07) is 9.73. The molecule has 0 amide bonds. The highest BCUT2D eigenvalue weighted by Crippen LogP contribution is 2.25. The Morgan fingerprint density at radius 3 is 2.81 bits per heavy atom. The smallest absolute Gasteiger partial charge is 0.103 e. The predicted molar refractivity (Wildman–Crippen MR) is 90.6 cm³/mol. The van der Waals surface area contributed by atoms with Gasteiger partial charge in [-0.05, 0) is 29.0 Å². The van der Waals surface area contributed by atoms with E-state index in [-0.39, 0.29) is 0 Å². The fourth-order valence-corrected chi connectivity index (χ4v) is 3.71. The van der Waals surface area contributed by atoms with Crippen molar-refractivity contribution in [2.24, 2.45) is 5.73 Å². The lowest BCUT2D eigenvalue weighted by atomic mass is 10.0. The van der Waals surface area contributed by atoms with Gasteiger partial charge in [0.15, 0.2) is 0 Å². The number of thiocarbonyl (C=S) groups is 1. The molecular formula is C16H18N2OS2. The van der Waals surface area contributed by atoms with Crippen molar-refractivity contribution >= 4 is 28.5 Å². The summed E-state index contributed by atoms with van der Waals surface area (Å²) in [6.07, 6.45) is 0.602. The van der Waals surface area contributed by atoms with Gasteiger partial charge in [-0.2, -0.15) is 0 Å². The minimum atomic E-state index is -0.481. The van der Waals surface area contributed by atoms with E-state index in [0.717, 1.165) is 30.6 Å². The Morgan fingerprint density at radius 1 is 1.33 bits per heavy atom. The fraction of sp³-hybridized carbons (Fsp3) is 0.312. The summed E-state index contributed by atoms with van der Waals surface area (Å²) in [5.74, 6) is 0. The van der Waals surface area contributed by atoms with E-state index in [2.05, 4.69) is 16.3 Å². The molecule has 2 heterocycles. The van der Waals surface area contributed by atoms with Gasteiger partial charge in [0.2, 0.25) is 0 Å². The molecule has 2 aromatic rings. The Balaban J connectivity index is 1.64. The Bertz CT molecular complexity index is 636. The molecular weight excluding hydrogens is 300 g/mol. The van der Waals surface area contributed by atoms with Gasteiger partial charge in [0, 0.05) is 30.1 Å². The molecule has 3 N–H and O–H groups in total. The quantitative estimate of drug-likeness (QED) is 0.850. The number of nitrogens with two attached hydrogens (primary N) is 1. The number of hydrogen-bond acceptors (Lipinski definition) is 4. The van der Waals surface area contributed by atoms with E-state index < -0.39 is 6.10 Å². The van der Waals surface area contributed by atoms with Gasteiger partial charge in [-0.3, -0.25) is 4.90 Å². The molecule has 5 heteroatoms. The Morgan fingerprint density at radius 2 is 2.10 bits per heavy atom. The summed E-state index contributed by atoms with van der Waals surface area (Å²) in [7, 11) is 0. The summed E-state index contributed by atoms with van der Waals surface area (Å²) >= 11 is 6.77. The summed E-state index contributed by atoms with van der Waals surface area (Å²) in [5.41, 5.74) is 8.73. The fourth-order valence-electron chi connectivity index (χ4n) is 2.68. The number of nitrogens with zero attached hydrogens (tertiary/aromatic N) is 1. The molecule has 110 valence electrons. The summed E-state index contributed by atoms with van der Waals surface area (Å²) < 4.78 is 0. The standard InChI is InChI=1S/C16H18N2OS2/c17-16(20)12-3-1-11(2-4-12)14(19)10-18-7-5-15-13(9-18)6-8-21-15/h1-4,6,8,14,19H,5,7,9-10H2,(H2,17,20). The first kappa shape index (κ1) is 14.7. The molecule has 1 unspecified atom stereocenters. The highest BCUT2D eigenvalue weighted by atomic mass is 32.1. The van der Waals surface area contributed by atoms with Crippen LogP contribution in [0.25, 0.3) is 0 Å². The molecule has 1 aromatic carbocycles. The second-order valence-electron chi connectivity index (χ2n) is 5.36. The Labute approximate surface area is 134 Å². The van der Waals surface area contributed by atoms with Crippen molar-refractivity contribution in [2.75, 3.05) is 13.1 Å². The van der Waals surface area contributed by atoms with Crippen LogP contribution in [0.3, 0.4) is 0 Å². The van der Waals surface area contributed by atoms with Crippen molar-refractivity contribution in [1.29, 1.82) is 0 Å². The summed E-state index contributed by atoms with van der Waals surface area (Å²) in [5, 5.41) is 12.5. The molecule has 0 bridgehead atoms. The van der Waals surface area contributed by atoms with Crippen LogP contribution in [0.4, 0.5) is 0 Å². The molecule has 1 atom stereocenters. The van der Waals surface area contributed by atoms with E-state index >= 15 is 0 Å². The van der Waals surface area contributed by atoms with Gasteiger partial charge in [-0.25, -0.2) is 0 Å². The number of benzene rings is 1. The second kappa shape index (κ2) is 6.23. The second-order valence-corrected chi connectivity index (χ2v) is 6.80. The van der Waals surface area contributed by atoms with Crippen LogP contribution in [-0.2, 0) is 13.0 Å². The van der Waals surface area contributed by atoms with E-state index in [4.69, 9.17) is 18.0 Å². The zero-order valence-electron chi connectivity index (χ0n) is 11.7. The molecule has 0 fully saturated rings.